The molecule has 0 aliphatic carbocycles. The Kier molecular flexibility index (Phi) is 6.09. The van der Waals surface area contributed by atoms with E-state index in [2.05, 4.69) is 5.32 Å². The Bertz CT molecular complexity index is 995. The van der Waals surface area contributed by atoms with Gasteiger partial charge in [0.25, 0.3) is 5.91 Å². The molecule has 1 fully saturated rings. The molecule has 1 aromatic heterocycles. The van der Waals surface area contributed by atoms with Crippen molar-refractivity contribution in [2.75, 3.05) is 19.8 Å². The lowest BCUT2D eigenvalue weighted by molar-refractivity contribution is 0.0152. The molecule has 8 heteroatoms. The van der Waals surface area contributed by atoms with Crippen LogP contribution in [0.1, 0.15) is 63.9 Å². The number of halogens is 1. The van der Waals surface area contributed by atoms with Crippen molar-refractivity contribution in [2.45, 2.75) is 52.0 Å². The van der Waals surface area contributed by atoms with E-state index in [0.717, 1.165) is 30.7 Å². The Morgan fingerprint density at radius 1 is 1.35 bits per heavy atom. The Balaban J connectivity index is 1.59. The third-order valence-electron chi connectivity index (χ3n) is 6.56. The lowest BCUT2D eigenvalue weighted by atomic mass is 9.76. The number of nitrogens with zero attached hydrogens (tertiary/aromatic N) is 2. The molecule has 2 aliphatic heterocycles. The largest absolute Gasteiger partial charge is 0.478 e. The second kappa shape index (κ2) is 8.78. The van der Waals surface area contributed by atoms with Crippen molar-refractivity contribution in [2.24, 2.45) is 5.41 Å². The normalized spacial score (nSPS) is 17.8. The first-order valence-electron chi connectivity index (χ1n) is 10.9. The topological polar surface area (TPSA) is 93.5 Å². The molecule has 2 aliphatic rings. The van der Waals surface area contributed by atoms with Gasteiger partial charge in [-0.05, 0) is 56.1 Å². The fourth-order valence-corrected chi connectivity index (χ4v) is 4.78. The van der Waals surface area contributed by atoms with Crippen molar-refractivity contribution in [3.05, 3.63) is 52.1 Å². The number of rotatable bonds is 6. The van der Waals surface area contributed by atoms with E-state index in [4.69, 9.17) is 9.84 Å². The summed E-state index contributed by atoms with van der Waals surface area (Å²) in [6, 6.07) is 4.13. The Labute approximate surface area is 180 Å². The lowest BCUT2D eigenvalue weighted by Crippen LogP contribution is -2.40. The molecular formula is C23H28FN3O4. The molecule has 1 spiro atoms. The monoisotopic (exact) mass is 429 g/mol. The first-order chi connectivity index (χ1) is 14.9. The molecule has 166 valence electrons. The number of carboxylic acid groups (broad SMARTS) is 1. The summed E-state index contributed by atoms with van der Waals surface area (Å²) in [4.78, 5) is 24.3. The van der Waals surface area contributed by atoms with Crippen LogP contribution in [0.15, 0.2) is 18.2 Å². The van der Waals surface area contributed by atoms with Gasteiger partial charge in [0.2, 0.25) is 0 Å². The molecule has 0 bridgehead atoms. The highest BCUT2D eigenvalue weighted by Gasteiger charge is 2.39. The summed E-state index contributed by atoms with van der Waals surface area (Å²) in [6.45, 7) is 4.48. The first-order valence-corrected chi connectivity index (χ1v) is 10.9. The molecule has 0 radical (unpaired) electrons. The van der Waals surface area contributed by atoms with Gasteiger partial charge in [0.05, 0.1) is 22.5 Å². The third-order valence-corrected chi connectivity index (χ3v) is 6.56. The third kappa shape index (κ3) is 4.21. The molecule has 4 rings (SSSR count). The zero-order valence-electron chi connectivity index (χ0n) is 17.7. The zero-order valence-corrected chi connectivity index (χ0v) is 17.7. The minimum absolute atomic E-state index is 0.00548. The van der Waals surface area contributed by atoms with E-state index in [1.54, 1.807) is 0 Å². The van der Waals surface area contributed by atoms with Crippen LogP contribution in [-0.4, -0.2) is 46.5 Å². The number of aromatic nitrogens is 2. The second-order valence-electron chi connectivity index (χ2n) is 8.49. The second-order valence-corrected chi connectivity index (χ2v) is 8.49. The predicted octanol–water partition coefficient (Wildman–Crippen LogP) is 3.00. The van der Waals surface area contributed by atoms with Crippen LogP contribution in [-0.2, 0) is 30.5 Å². The summed E-state index contributed by atoms with van der Waals surface area (Å²) in [5.41, 5.74) is 2.54. The highest BCUT2D eigenvalue weighted by atomic mass is 19.1. The number of carbonyl (C=O) groups is 2. The molecule has 3 heterocycles. The number of aromatic carboxylic acids is 1. The van der Waals surface area contributed by atoms with Gasteiger partial charge in [-0.1, -0.05) is 13.0 Å². The van der Waals surface area contributed by atoms with Gasteiger partial charge in [-0.25, -0.2) is 9.18 Å². The Hall–Kier alpha value is -2.74. The number of ether oxygens (including phenoxy) is 1. The van der Waals surface area contributed by atoms with Gasteiger partial charge >= 0.3 is 5.97 Å². The van der Waals surface area contributed by atoms with Gasteiger partial charge in [-0.2, -0.15) is 5.10 Å². The van der Waals surface area contributed by atoms with Crippen molar-refractivity contribution >= 4 is 11.9 Å². The first kappa shape index (κ1) is 21.5. The number of nitrogens with one attached hydrogen (secondary N) is 1. The summed E-state index contributed by atoms with van der Waals surface area (Å²) in [6.07, 6.45) is 3.98. The van der Waals surface area contributed by atoms with Crippen molar-refractivity contribution in [3.8, 4) is 0 Å². The maximum absolute atomic E-state index is 14.3. The number of fused-ring (bicyclic) bond motifs is 1. The predicted molar refractivity (Wildman–Crippen MR) is 112 cm³/mol. The molecule has 2 aromatic rings. The standard InChI is InChI=1S/C23H28FN3O4/c1-2-18-20-19(13-23(14-25-21(20)28)8-11-31-12-9-23)27(26-18)10-4-6-15-16(22(29)30)5-3-7-17(15)24/h3,5,7H,2,4,6,8-14H2,1H3,(H,25,28)(H,29,30). The van der Waals surface area contributed by atoms with Crippen LogP contribution >= 0.6 is 0 Å². The van der Waals surface area contributed by atoms with Crippen molar-refractivity contribution < 1.29 is 23.8 Å². The molecule has 7 nitrogen and oxygen atoms in total. The van der Waals surface area contributed by atoms with Crippen LogP contribution in [0.3, 0.4) is 0 Å². The number of hydrogen-bond donors (Lipinski definition) is 2. The van der Waals surface area contributed by atoms with E-state index in [1.165, 1.54) is 18.2 Å². The quantitative estimate of drug-likeness (QED) is 0.736. The highest BCUT2D eigenvalue weighted by molar-refractivity contribution is 5.97. The fraction of sp³-hybridized carbons (Fsp3) is 0.522. The fourth-order valence-electron chi connectivity index (χ4n) is 4.78. The molecule has 1 amide bonds. The maximum Gasteiger partial charge on any atom is 0.336 e. The number of amides is 1. The van der Waals surface area contributed by atoms with Crippen molar-refractivity contribution in [1.29, 1.82) is 0 Å². The van der Waals surface area contributed by atoms with Gasteiger partial charge < -0.3 is 15.2 Å². The summed E-state index contributed by atoms with van der Waals surface area (Å²) in [7, 11) is 0. The lowest BCUT2D eigenvalue weighted by Gasteiger charge is -2.36. The van der Waals surface area contributed by atoms with Crippen LogP contribution in [0.2, 0.25) is 0 Å². The van der Waals surface area contributed by atoms with E-state index in [-0.39, 0.29) is 28.9 Å². The van der Waals surface area contributed by atoms with Crippen LogP contribution < -0.4 is 5.32 Å². The van der Waals surface area contributed by atoms with Crippen LogP contribution in [0.4, 0.5) is 4.39 Å². The van der Waals surface area contributed by atoms with Crippen molar-refractivity contribution in [3.63, 3.8) is 0 Å². The van der Waals surface area contributed by atoms with Gasteiger partial charge in [0, 0.05) is 31.9 Å². The number of aryl methyl sites for hydroxylation is 2. The van der Waals surface area contributed by atoms with E-state index in [1.807, 2.05) is 11.6 Å². The Morgan fingerprint density at radius 2 is 2.13 bits per heavy atom. The molecule has 31 heavy (non-hydrogen) atoms. The number of carboxylic acids is 1. The van der Waals surface area contributed by atoms with E-state index >= 15 is 0 Å². The molecule has 1 saturated heterocycles. The number of benzene rings is 1. The van der Waals surface area contributed by atoms with Gasteiger partial charge in [0.15, 0.2) is 0 Å². The average Bonchev–Trinajstić information content (AvgIpc) is 3.03. The summed E-state index contributed by atoms with van der Waals surface area (Å²) < 4.78 is 21.7. The van der Waals surface area contributed by atoms with Gasteiger partial charge in [-0.15, -0.1) is 0 Å². The molecule has 0 unspecified atom stereocenters. The van der Waals surface area contributed by atoms with E-state index < -0.39 is 11.8 Å². The van der Waals surface area contributed by atoms with Gasteiger partial charge in [0.1, 0.15) is 5.82 Å². The van der Waals surface area contributed by atoms with E-state index in [9.17, 15) is 19.1 Å². The van der Waals surface area contributed by atoms with Crippen LogP contribution in [0.5, 0.6) is 0 Å². The molecule has 0 atom stereocenters. The highest BCUT2D eigenvalue weighted by Crippen LogP contribution is 2.37. The minimum Gasteiger partial charge on any atom is -0.478 e. The minimum atomic E-state index is -1.13. The number of carbonyl (C=O) groups excluding carboxylic acids is 1. The summed E-state index contributed by atoms with van der Waals surface area (Å²) in [5.74, 6) is -1.72. The summed E-state index contributed by atoms with van der Waals surface area (Å²) >= 11 is 0. The number of hydrogen-bond acceptors (Lipinski definition) is 4. The van der Waals surface area contributed by atoms with E-state index in [0.29, 0.717) is 44.7 Å². The summed E-state index contributed by atoms with van der Waals surface area (Å²) in [5, 5.41) is 17.2. The molecule has 2 N–H and O–H groups in total. The molecule has 0 saturated carbocycles. The van der Waals surface area contributed by atoms with Crippen molar-refractivity contribution in [1.82, 2.24) is 15.1 Å². The Morgan fingerprint density at radius 3 is 2.84 bits per heavy atom. The zero-order chi connectivity index (χ0) is 22.0. The average molecular weight is 429 g/mol. The van der Waals surface area contributed by atoms with Crippen LogP contribution in [0, 0.1) is 11.2 Å². The molecule has 1 aromatic carbocycles. The maximum atomic E-state index is 14.3. The van der Waals surface area contributed by atoms with Gasteiger partial charge in [-0.3, -0.25) is 9.48 Å². The van der Waals surface area contributed by atoms with Crippen LogP contribution in [0.25, 0.3) is 0 Å². The smallest absolute Gasteiger partial charge is 0.336 e. The molecular weight excluding hydrogens is 401 g/mol. The SMILES string of the molecule is CCc1nn(CCCc2c(F)cccc2C(=O)O)c2c1C(=O)NCC1(CCOCC1)C2.